The monoisotopic (exact) mass is 272 g/mol. The molecular weight excluding hydrogens is 260 g/mol. The van der Waals surface area contributed by atoms with E-state index in [0.29, 0.717) is 24.0 Å². The molecule has 0 radical (unpaired) electrons. The van der Waals surface area contributed by atoms with E-state index in [2.05, 4.69) is 0 Å². The molecule has 6 heteroatoms. The third-order valence-electron chi connectivity index (χ3n) is 2.86. The molecule has 1 aliphatic rings. The average molecular weight is 272 g/mol. The first-order valence-corrected chi connectivity index (χ1v) is 6.13. The predicted molar refractivity (Wildman–Crippen MR) is 67.6 cm³/mol. The van der Waals surface area contributed by atoms with Crippen molar-refractivity contribution in [3.63, 3.8) is 0 Å². The molecule has 0 aromatic heterocycles. The first kappa shape index (κ1) is 13.7. The summed E-state index contributed by atoms with van der Waals surface area (Å²) in [6, 6.07) is 8.35. The number of nitriles is 1. The maximum Gasteiger partial charge on any atom is 0.326 e. The second-order valence-corrected chi connectivity index (χ2v) is 4.22. The van der Waals surface area contributed by atoms with Gasteiger partial charge in [-0.05, 0) is 18.6 Å². The molecule has 0 unspecified atom stereocenters. The van der Waals surface area contributed by atoms with Gasteiger partial charge in [0.05, 0.1) is 23.8 Å². The molecule has 2 amide bonds. The van der Waals surface area contributed by atoms with Crippen LogP contribution < -0.4 is 0 Å². The van der Waals surface area contributed by atoms with Crippen LogP contribution in [-0.2, 0) is 9.53 Å². The lowest BCUT2D eigenvalue weighted by molar-refractivity contribution is -0.143. The number of rotatable bonds is 5. The zero-order chi connectivity index (χ0) is 14.5. The zero-order valence-corrected chi connectivity index (χ0v) is 10.7. The lowest BCUT2D eigenvalue weighted by atomic mass is 10.1. The molecule has 0 atom stereocenters. The number of unbranched alkanes of at least 4 members (excludes halogenated alkanes) is 1. The van der Waals surface area contributed by atoms with Gasteiger partial charge in [0.25, 0.3) is 11.8 Å². The Bertz CT molecular complexity index is 568. The molecule has 0 fully saturated rings. The minimum Gasteiger partial charge on any atom is -0.464 e. The molecule has 1 aromatic rings. The third kappa shape index (κ3) is 2.67. The summed E-state index contributed by atoms with van der Waals surface area (Å²) in [6.45, 7) is -0.297. The molecular formula is C14H12N2O4. The smallest absolute Gasteiger partial charge is 0.326 e. The summed E-state index contributed by atoms with van der Waals surface area (Å²) >= 11 is 0. The molecule has 2 rings (SSSR count). The maximum absolute atomic E-state index is 12.0. The number of carbonyl (C=O) groups is 3. The van der Waals surface area contributed by atoms with E-state index in [0.717, 1.165) is 4.90 Å². The average Bonchev–Trinajstić information content (AvgIpc) is 2.69. The Morgan fingerprint density at radius 1 is 1.20 bits per heavy atom. The van der Waals surface area contributed by atoms with E-state index in [1.807, 2.05) is 6.07 Å². The van der Waals surface area contributed by atoms with Crippen LogP contribution >= 0.6 is 0 Å². The largest absolute Gasteiger partial charge is 0.464 e. The van der Waals surface area contributed by atoms with Crippen molar-refractivity contribution >= 4 is 17.8 Å². The van der Waals surface area contributed by atoms with Crippen LogP contribution in [0, 0.1) is 11.3 Å². The highest BCUT2D eigenvalue weighted by Gasteiger charge is 2.36. The van der Waals surface area contributed by atoms with Crippen LogP contribution in [0.25, 0.3) is 0 Å². The van der Waals surface area contributed by atoms with E-state index in [1.54, 1.807) is 24.3 Å². The summed E-state index contributed by atoms with van der Waals surface area (Å²) in [6.07, 6.45) is 0.727. The number of nitrogens with zero attached hydrogens (tertiary/aromatic N) is 2. The molecule has 0 saturated heterocycles. The molecule has 0 bridgehead atoms. The lowest BCUT2D eigenvalue weighted by Crippen LogP contribution is -2.35. The van der Waals surface area contributed by atoms with Gasteiger partial charge in [-0.25, -0.2) is 0 Å². The Labute approximate surface area is 115 Å². The number of amides is 2. The van der Waals surface area contributed by atoms with E-state index in [9.17, 15) is 14.4 Å². The number of benzene rings is 1. The highest BCUT2D eigenvalue weighted by atomic mass is 16.5. The van der Waals surface area contributed by atoms with Crippen LogP contribution in [0.2, 0.25) is 0 Å². The number of hydrogen-bond acceptors (Lipinski definition) is 5. The van der Waals surface area contributed by atoms with Crippen molar-refractivity contribution in [1.29, 1.82) is 5.26 Å². The SMILES string of the molecule is N#CCCCOC(=O)CN1C(=O)c2ccccc2C1=O. The standard InChI is InChI=1S/C14H12N2O4/c15-7-3-4-8-20-12(17)9-16-13(18)10-5-1-2-6-11(10)14(16)19/h1-2,5-6H,3-4,8-9H2. The Kier molecular flexibility index (Phi) is 4.11. The van der Waals surface area contributed by atoms with Gasteiger partial charge in [-0.2, -0.15) is 5.26 Å². The van der Waals surface area contributed by atoms with E-state index in [-0.39, 0.29) is 6.61 Å². The van der Waals surface area contributed by atoms with Crippen molar-refractivity contribution in [1.82, 2.24) is 4.90 Å². The van der Waals surface area contributed by atoms with E-state index in [1.165, 1.54) is 0 Å². The van der Waals surface area contributed by atoms with Crippen LogP contribution in [0.5, 0.6) is 0 Å². The second kappa shape index (κ2) is 5.97. The molecule has 6 nitrogen and oxygen atoms in total. The van der Waals surface area contributed by atoms with Gasteiger partial charge < -0.3 is 4.74 Å². The molecule has 20 heavy (non-hydrogen) atoms. The van der Waals surface area contributed by atoms with Gasteiger partial charge in [0.15, 0.2) is 0 Å². The van der Waals surface area contributed by atoms with Gasteiger partial charge in [-0.3, -0.25) is 19.3 Å². The number of hydrogen-bond donors (Lipinski definition) is 0. The highest BCUT2D eigenvalue weighted by Crippen LogP contribution is 2.21. The van der Waals surface area contributed by atoms with Gasteiger partial charge in [0.2, 0.25) is 0 Å². The molecule has 102 valence electrons. The summed E-state index contributed by atoms with van der Waals surface area (Å²) in [5.41, 5.74) is 0.601. The number of carbonyl (C=O) groups excluding carboxylic acids is 3. The Morgan fingerprint density at radius 2 is 1.80 bits per heavy atom. The quantitative estimate of drug-likeness (QED) is 0.455. The minimum absolute atomic E-state index is 0.107. The fourth-order valence-electron chi connectivity index (χ4n) is 1.89. The topological polar surface area (TPSA) is 87.5 Å². The number of fused-ring (bicyclic) bond motifs is 1. The van der Waals surface area contributed by atoms with Crippen molar-refractivity contribution in [2.24, 2.45) is 0 Å². The van der Waals surface area contributed by atoms with Crippen LogP contribution in [0.15, 0.2) is 24.3 Å². The van der Waals surface area contributed by atoms with Crippen LogP contribution in [0.3, 0.4) is 0 Å². The summed E-state index contributed by atoms with van der Waals surface area (Å²) in [5.74, 6) is -1.63. The van der Waals surface area contributed by atoms with Gasteiger partial charge >= 0.3 is 5.97 Å². The number of esters is 1. The van der Waals surface area contributed by atoms with Gasteiger partial charge in [0.1, 0.15) is 6.54 Å². The molecule has 1 heterocycles. The van der Waals surface area contributed by atoms with Crippen molar-refractivity contribution in [3.8, 4) is 6.07 Å². The Balaban J connectivity index is 1.95. The zero-order valence-electron chi connectivity index (χ0n) is 10.7. The molecule has 0 spiro atoms. The first-order chi connectivity index (χ1) is 9.65. The van der Waals surface area contributed by atoms with E-state index < -0.39 is 24.3 Å². The number of imide groups is 1. The van der Waals surface area contributed by atoms with Crippen LogP contribution in [-0.4, -0.2) is 35.8 Å². The molecule has 1 aliphatic heterocycles. The third-order valence-corrected chi connectivity index (χ3v) is 2.86. The van der Waals surface area contributed by atoms with Crippen LogP contribution in [0.1, 0.15) is 33.6 Å². The minimum atomic E-state index is -0.655. The van der Waals surface area contributed by atoms with Crippen molar-refractivity contribution < 1.29 is 19.1 Å². The van der Waals surface area contributed by atoms with Crippen molar-refractivity contribution in [2.45, 2.75) is 12.8 Å². The lowest BCUT2D eigenvalue weighted by Gasteiger charge is -2.12. The molecule has 0 aliphatic carbocycles. The first-order valence-electron chi connectivity index (χ1n) is 6.13. The van der Waals surface area contributed by atoms with Gasteiger partial charge in [0, 0.05) is 6.42 Å². The normalized spacial score (nSPS) is 13.1. The van der Waals surface area contributed by atoms with Gasteiger partial charge in [-0.15, -0.1) is 0 Å². The fourth-order valence-corrected chi connectivity index (χ4v) is 1.89. The highest BCUT2D eigenvalue weighted by molar-refractivity contribution is 6.22. The van der Waals surface area contributed by atoms with Crippen LogP contribution in [0.4, 0.5) is 0 Å². The summed E-state index contributed by atoms with van der Waals surface area (Å²) in [5, 5.41) is 8.34. The van der Waals surface area contributed by atoms with E-state index >= 15 is 0 Å². The Morgan fingerprint density at radius 3 is 2.35 bits per heavy atom. The summed E-state index contributed by atoms with van der Waals surface area (Å²) < 4.78 is 4.87. The summed E-state index contributed by atoms with van der Waals surface area (Å²) in [7, 11) is 0. The maximum atomic E-state index is 12.0. The molecule has 0 N–H and O–H groups in total. The summed E-state index contributed by atoms with van der Waals surface area (Å²) in [4.78, 5) is 36.4. The molecule has 0 saturated carbocycles. The Hall–Kier alpha value is -2.68. The van der Waals surface area contributed by atoms with Crippen molar-refractivity contribution in [2.75, 3.05) is 13.2 Å². The molecule has 1 aromatic carbocycles. The predicted octanol–water partition coefficient (Wildman–Crippen LogP) is 1.13. The van der Waals surface area contributed by atoms with Gasteiger partial charge in [-0.1, -0.05) is 12.1 Å². The second-order valence-electron chi connectivity index (χ2n) is 4.22. The number of ether oxygens (including phenoxy) is 1. The van der Waals surface area contributed by atoms with E-state index in [4.69, 9.17) is 10.00 Å². The van der Waals surface area contributed by atoms with Crippen molar-refractivity contribution in [3.05, 3.63) is 35.4 Å². The fraction of sp³-hybridized carbons (Fsp3) is 0.286.